The smallest absolute Gasteiger partial charge is 0.338 e. The van der Waals surface area contributed by atoms with Gasteiger partial charge in [-0.3, -0.25) is 9.59 Å². The third-order valence-electron chi connectivity index (χ3n) is 3.11. The molecule has 0 heterocycles. The predicted molar refractivity (Wildman–Crippen MR) is 98.0 cm³/mol. The molecule has 0 atom stereocenters. The Morgan fingerprint density at radius 3 is 2.19 bits per heavy atom. The lowest BCUT2D eigenvalue weighted by atomic mass is 10.1. The first kappa shape index (κ1) is 21.5. The van der Waals surface area contributed by atoms with Gasteiger partial charge in [-0.2, -0.15) is 0 Å². The van der Waals surface area contributed by atoms with E-state index in [9.17, 15) is 14.4 Å². The van der Waals surface area contributed by atoms with Crippen LogP contribution in [0.4, 0.5) is 0 Å². The summed E-state index contributed by atoms with van der Waals surface area (Å²) in [5.41, 5.74) is -0.0548. The second kappa shape index (κ2) is 9.22. The Morgan fingerprint density at radius 1 is 1.12 bits per heavy atom. The number of benzene rings is 1. The Balaban J connectivity index is 2.48. The largest absolute Gasteiger partial charge is 0.491 e. The highest BCUT2D eigenvalue weighted by molar-refractivity contribution is 5.92. The average molecular weight is 364 g/mol. The Bertz CT molecular complexity index is 632. The molecule has 1 aromatic rings. The Labute approximate surface area is 154 Å². The average Bonchev–Trinajstić information content (AvgIpc) is 2.50. The number of ether oxygens (including phenoxy) is 2. The molecule has 1 aromatic carbocycles. The summed E-state index contributed by atoms with van der Waals surface area (Å²) in [6, 6.07) is 6.48. The standard InChI is InChI=1S/C19H28N2O5/c1-13(2)26-15-9-7-14(8-10-15)18(24)25-12-17(23)21(6)11-16(22)20-19(3,4)5/h7-10,13H,11-12H2,1-6H3,(H,20,22). The molecule has 7 nitrogen and oxygen atoms in total. The van der Waals surface area contributed by atoms with E-state index >= 15 is 0 Å². The molecular formula is C19H28N2O5. The van der Waals surface area contributed by atoms with E-state index in [-0.39, 0.29) is 24.1 Å². The summed E-state index contributed by atoms with van der Waals surface area (Å²) in [4.78, 5) is 37.0. The molecule has 0 aliphatic heterocycles. The summed E-state index contributed by atoms with van der Waals surface area (Å²) in [6.45, 7) is 8.85. The minimum Gasteiger partial charge on any atom is -0.491 e. The monoisotopic (exact) mass is 364 g/mol. The maximum absolute atomic E-state index is 12.0. The number of nitrogens with one attached hydrogen (secondary N) is 1. The third-order valence-corrected chi connectivity index (χ3v) is 3.11. The van der Waals surface area contributed by atoms with E-state index in [1.54, 1.807) is 24.3 Å². The lowest BCUT2D eigenvalue weighted by molar-refractivity contribution is -0.137. The number of hydrogen-bond acceptors (Lipinski definition) is 5. The van der Waals surface area contributed by atoms with Gasteiger partial charge in [-0.05, 0) is 58.9 Å². The summed E-state index contributed by atoms with van der Waals surface area (Å²) in [7, 11) is 1.48. The van der Waals surface area contributed by atoms with Gasteiger partial charge in [-0.1, -0.05) is 0 Å². The summed E-state index contributed by atoms with van der Waals surface area (Å²) in [5, 5.41) is 2.76. The molecule has 2 amide bonds. The van der Waals surface area contributed by atoms with Crippen molar-refractivity contribution in [2.24, 2.45) is 0 Å². The van der Waals surface area contributed by atoms with Crippen molar-refractivity contribution in [3.05, 3.63) is 29.8 Å². The molecule has 0 aliphatic carbocycles. The van der Waals surface area contributed by atoms with E-state index < -0.39 is 18.5 Å². The number of nitrogens with zero attached hydrogens (tertiary/aromatic N) is 1. The topological polar surface area (TPSA) is 84.9 Å². The van der Waals surface area contributed by atoms with Crippen molar-refractivity contribution in [2.75, 3.05) is 20.2 Å². The van der Waals surface area contributed by atoms with Gasteiger partial charge in [0.15, 0.2) is 6.61 Å². The van der Waals surface area contributed by atoms with Gasteiger partial charge >= 0.3 is 5.97 Å². The van der Waals surface area contributed by atoms with Crippen molar-refractivity contribution in [1.82, 2.24) is 10.2 Å². The van der Waals surface area contributed by atoms with Crippen LogP contribution in [0.2, 0.25) is 0 Å². The fourth-order valence-electron chi connectivity index (χ4n) is 2.02. The van der Waals surface area contributed by atoms with Gasteiger partial charge in [-0.15, -0.1) is 0 Å². The number of rotatable bonds is 7. The maximum atomic E-state index is 12.0. The van der Waals surface area contributed by atoms with Crippen LogP contribution in [0.15, 0.2) is 24.3 Å². The SMILES string of the molecule is CC(C)Oc1ccc(C(=O)OCC(=O)N(C)CC(=O)NC(C)(C)C)cc1. The Hall–Kier alpha value is -2.57. The molecule has 0 fully saturated rings. The fourth-order valence-corrected chi connectivity index (χ4v) is 2.02. The number of amides is 2. The second-order valence-corrected chi connectivity index (χ2v) is 7.32. The first-order chi connectivity index (χ1) is 12.0. The zero-order chi connectivity index (χ0) is 19.9. The normalized spacial score (nSPS) is 11.0. The van der Waals surface area contributed by atoms with Gasteiger partial charge < -0.3 is 19.7 Å². The molecular weight excluding hydrogens is 336 g/mol. The van der Waals surface area contributed by atoms with E-state index in [1.165, 1.54) is 11.9 Å². The molecule has 0 aromatic heterocycles. The van der Waals surface area contributed by atoms with E-state index in [1.807, 2.05) is 34.6 Å². The molecule has 0 spiro atoms. The van der Waals surface area contributed by atoms with Crippen molar-refractivity contribution in [3.63, 3.8) is 0 Å². The highest BCUT2D eigenvalue weighted by atomic mass is 16.5. The maximum Gasteiger partial charge on any atom is 0.338 e. The zero-order valence-electron chi connectivity index (χ0n) is 16.3. The van der Waals surface area contributed by atoms with Crippen LogP contribution >= 0.6 is 0 Å². The van der Waals surface area contributed by atoms with Gasteiger partial charge in [0.2, 0.25) is 5.91 Å². The summed E-state index contributed by atoms with van der Waals surface area (Å²) in [5.74, 6) is -0.693. The van der Waals surface area contributed by atoms with Crippen LogP contribution in [0.5, 0.6) is 5.75 Å². The first-order valence-corrected chi connectivity index (χ1v) is 8.47. The lowest BCUT2D eigenvalue weighted by Crippen LogP contribution is -2.46. The molecule has 144 valence electrons. The molecule has 0 saturated heterocycles. The van der Waals surface area contributed by atoms with Gasteiger partial charge in [0, 0.05) is 12.6 Å². The van der Waals surface area contributed by atoms with Crippen LogP contribution in [0.1, 0.15) is 45.0 Å². The summed E-state index contributed by atoms with van der Waals surface area (Å²) < 4.78 is 10.5. The van der Waals surface area contributed by atoms with Crippen LogP contribution in [0.3, 0.4) is 0 Å². The molecule has 0 radical (unpaired) electrons. The van der Waals surface area contributed by atoms with E-state index in [0.717, 1.165) is 0 Å². The van der Waals surface area contributed by atoms with E-state index in [0.29, 0.717) is 11.3 Å². The van der Waals surface area contributed by atoms with Crippen molar-refractivity contribution >= 4 is 17.8 Å². The van der Waals surface area contributed by atoms with E-state index in [4.69, 9.17) is 9.47 Å². The van der Waals surface area contributed by atoms with Crippen LogP contribution in [-0.4, -0.2) is 54.5 Å². The Kier molecular flexibility index (Phi) is 7.61. The number of hydrogen-bond donors (Lipinski definition) is 1. The van der Waals surface area contributed by atoms with Crippen molar-refractivity contribution in [3.8, 4) is 5.75 Å². The Morgan fingerprint density at radius 2 is 1.69 bits per heavy atom. The summed E-state index contributed by atoms with van der Waals surface area (Å²) >= 11 is 0. The highest BCUT2D eigenvalue weighted by Crippen LogP contribution is 2.14. The molecule has 0 saturated carbocycles. The van der Waals surface area contributed by atoms with Gasteiger partial charge in [-0.25, -0.2) is 4.79 Å². The van der Waals surface area contributed by atoms with Gasteiger partial charge in [0.05, 0.1) is 18.2 Å². The molecule has 26 heavy (non-hydrogen) atoms. The predicted octanol–water partition coefficient (Wildman–Crippen LogP) is 2.00. The van der Waals surface area contributed by atoms with Gasteiger partial charge in [0.25, 0.3) is 5.91 Å². The molecule has 0 aliphatic rings. The van der Waals surface area contributed by atoms with Crippen molar-refractivity contribution in [1.29, 1.82) is 0 Å². The molecule has 1 rings (SSSR count). The van der Waals surface area contributed by atoms with E-state index in [2.05, 4.69) is 5.32 Å². The van der Waals surface area contributed by atoms with Crippen LogP contribution in [0.25, 0.3) is 0 Å². The quantitative estimate of drug-likeness (QED) is 0.748. The molecule has 1 N–H and O–H groups in total. The highest BCUT2D eigenvalue weighted by Gasteiger charge is 2.19. The number of carbonyl (C=O) groups excluding carboxylic acids is 3. The number of carbonyl (C=O) groups is 3. The first-order valence-electron chi connectivity index (χ1n) is 8.47. The van der Waals surface area contributed by atoms with Gasteiger partial charge in [0.1, 0.15) is 5.75 Å². The van der Waals surface area contributed by atoms with Crippen molar-refractivity contribution in [2.45, 2.75) is 46.3 Å². The van der Waals surface area contributed by atoms with Crippen LogP contribution in [0, 0.1) is 0 Å². The number of likely N-dealkylation sites (N-methyl/N-ethyl adjacent to an activating group) is 1. The zero-order valence-corrected chi connectivity index (χ0v) is 16.3. The second-order valence-electron chi connectivity index (χ2n) is 7.32. The summed E-state index contributed by atoms with van der Waals surface area (Å²) in [6.07, 6.45) is 0.0384. The van der Waals surface area contributed by atoms with Crippen molar-refractivity contribution < 1.29 is 23.9 Å². The fraction of sp³-hybridized carbons (Fsp3) is 0.526. The van der Waals surface area contributed by atoms with Crippen LogP contribution < -0.4 is 10.1 Å². The molecule has 0 unspecified atom stereocenters. The number of esters is 1. The third kappa shape index (κ3) is 8.00. The van der Waals surface area contributed by atoms with Crippen LogP contribution in [-0.2, 0) is 14.3 Å². The minimum absolute atomic E-state index is 0.0384. The molecule has 7 heteroatoms. The minimum atomic E-state index is -0.609. The lowest BCUT2D eigenvalue weighted by Gasteiger charge is -2.23. The molecule has 0 bridgehead atoms.